The van der Waals surface area contributed by atoms with Gasteiger partial charge in [0.2, 0.25) is 0 Å². The van der Waals surface area contributed by atoms with Crippen molar-refractivity contribution in [2.75, 3.05) is 7.11 Å². The third kappa shape index (κ3) is 5.14. The number of rotatable bonds is 5. The predicted octanol–water partition coefficient (Wildman–Crippen LogP) is 1.94. The van der Waals surface area contributed by atoms with E-state index in [0.29, 0.717) is 13.1 Å². The van der Waals surface area contributed by atoms with Crippen LogP contribution in [0.5, 0.6) is 5.75 Å². The molecule has 0 saturated heterocycles. The number of hydrogen-bond donors (Lipinski definition) is 2. The topological polar surface area (TPSA) is 67.4 Å². The Labute approximate surface area is 135 Å². The van der Waals surface area contributed by atoms with Crippen LogP contribution < -0.4 is 15.4 Å². The smallest absolute Gasteiger partial charge is 0.309 e. The third-order valence-corrected chi connectivity index (χ3v) is 3.39. The summed E-state index contributed by atoms with van der Waals surface area (Å²) in [4.78, 5) is 23.5. The number of amides is 2. The number of hydrogen-bond acceptors (Lipinski definition) is 3. The lowest BCUT2D eigenvalue weighted by atomic mass is 10.1. The molecule has 0 radical (unpaired) electrons. The highest BCUT2D eigenvalue weighted by molar-refractivity contribution is 6.35. The Kier molecular flexibility index (Phi) is 5.74. The van der Waals surface area contributed by atoms with Crippen LogP contribution in [0.15, 0.2) is 48.5 Å². The normalized spacial score (nSPS) is 10.0. The Morgan fingerprint density at radius 1 is 0.826 bits per heavy atom. The van der Waals surface area contributed by atoms with E-state index in [1.807, 2.05) is 43.3 Å². The maximum atomic E-state index is 11.8. The van der Waals surface area contributed by atoms with E-state index < -0.39 is 11.8 Å². The maximum Gasteiger partial charge on any atom is 0.309 e. The average Bonchev–Trinajstić information content (AvgIpc) is 2.59. The van der Waals surface area contributed by atoms with Crippen LogP contribution in [-0.2, 0) is 22.7 Å². The number of aryl methyl sites for hydroxylation is 1. The first-order chi connectivity index (χ1) is 11.1. The molecule has 5 heteroatoms. The lowest BCUT2D eigenvalue weighted by molar-refractivity contribution is -0.139. The van der Waals surface area contributed by atoms with Gasteiger partial charge in [-0.1, -0.05) is 42.0 Å². The fourth-order valence-corrected chi connectivity index (χ4v) is 1.97. The van der Waals surface area contributed by atoms with Crippen molar-refractivity contribution in [3.8, 4) is 5.75 Å². The molecule has 0 spiro atoms. The van der Waals surface area contributed by atoms with Crippen LogP contribution in [0.4, 0.5) is 0 Å². The van der Waals surface area contributed by atoms with E-state index in [9.17, 15) is 9.59 Å². The number of carbonyl (C=O) groups is 2. The molecule has 23 heavy (non-hydrogen) atoms. The number of methoxy groups -OCH3 is 1. The first-order valence-corrected chi connectivity index (χ1v) is 7.33. The molecule has 0 aliphatic rings. The highest BCUT2D eigenvalue weighted by atomic mass is 16.5. The van der Waals surface area contributed by atoms with Gasteiger partial charge in [0.05, 0.1) is 7.11 Å². The van der Waals surface area contributed by atoms with Crippen molar-refractivity contribution in [3.63, 3.8) is 0 Å². The minimum absolute atomic E-state index is 0.292. The highest BCUT2D eigenvalue weighted by Gasteiger charge is 2.12. The van der Waals surface area contributed by atoms with E-state index in [0.717, 1.165) is 22.4 Å². The molecule has 0 fully saturated rings. The molecular formula is C18H20N2O3. The molecule has 0 aliphatic heterocycles. The van der Waals surface area contributed by atoms with Crippen LogP contribution in [0.2, 0.25) is 0 Å². The standard InChI is InChI=1S/C18H20N2O3/c1-13-3-5-14(6-4-13)11-19-17(21)18(22)20-12-15-7-9-16(23-2)10-8-15/h3-10H,11-12H2,1-2H3,(H,19,21)(H,20,22). The summed E-state index contributed by atoms with van der Waals surface area (Å²) < 4.78 is 5.06. The van der Waals surface area contributed by atoms with Gasteiger partial charge in [0.15, 0.2) is 0 Å². The summed E-state index contributed by atoms with van der Waals surface area (Å²) in [5, 5.41) is 5.19. The minimum Gasteiger partial charge on any atom is -0.497 e. The molecule has 0 unspecified atom stereocenters. The summed E-state index contributed by atoms with van der Waals surface area (Å²) in [6.45, 7) is 2.62. The summed E-state index contributed by atoms with van der Waals surface area (Å²) in [7, 11) is 1.59. The van der Waals surface area contributed by atoms with Crippen molar-refractivity contribution in [1.82, 2.24) is 10.6 Å². The lowest BCUT2D eigenvalue weighted by Gasteiger charge is -2.07. The maximum absolute atomic E-state index is 11.8. The van der Waals surface area contributed by atoms with Crippen molar-refractivity contribution in [3.05, 3.63) is 65.2 Å². The lowest BCUT2D eigenvalue weighted by Crippen LogP contribution is -2.39. The van der Waals surface area contributed by atoms with Gasteiger partial charge in [-0.15, -0.1) is 0 Å². The zero-order valence-corrected chi connectivity index (χ0v) is 13.3. The number of nitrogens with one attached hydrogen (secondary N) is 2. The van der Waals surface area contributed by atoms with Gasteiger partial charge in [-0.2, -0.15) is 0 Å². The molecule has 5 nitrogen and oxygen atoms in total. The minimum atomic E-state index is -0.645. The fourth-order valence-electron chi connectivity index (χ4n) is 1.97. The van der Waals surface area contributed by atoms with Gasteiger partial charge in [-0.25, -0.2) is 0 Å². The van der Waals surface area contributed by atoms with Crippen LogP contribution in [0.1, 0.15) is 16.7 Å². The summed E-state index contributed by atoms with van der Waals surface area (Å²) in [6.07, 6.45) is 0. The predicted molar refractivity (Wildman–Crippen MR) is 87.9 cm³/mol. The van der Waals surface area contributed by atoms with Gasteiger partial charge in [0.25, 0.3) is 0 Å². The Hall–Kier alpha value is -2.82. The van der Waals surface area contributed by atoms with Gasteiger partial charge in [-0.05, 0) is 30.2 Å². The van der Waals surface area contributed by atoms with Gasteiger partial charge >= 0.3 is 11.8 Å². The largest absolute Gasteiger partial charge is 0.497 e. The summed E-state index contributed by atoms with van der Waals surface area (Å²) in [5.41, 5.74) is 3.00. The molecule has 0 saturated carbocycles. The molecule has 2 aromatic carbocycles. The summed E-state index contributed by atoms with van der Waals surface area (Å²) in [6, 6.07) is 15.1. The zero-order chi connectivity index (χ0) is 16.7. The average molecular weight is 312 g/mol. The Morgan fingerprint density at radius 2 is 1.26 bits per heavy atom. The van der Waals surface area contributed by atoms with E-state index >= 15 is 0 Å². The van der Waals surface area contributed by atoms with Gasteiger partial charge in [0, 0.05) is 13.1 Å². The second-order valence-electron chi connectivity index (χ2n) is 5.20. The molecule has 0 aliphatic carbocycles. The summed E-state index contributed by atoms with van der Waals surface area (Å²) in [5.74, 6) is -0.539. The monoisotopic (exact) mass is 312 g/mol. The van der Waals surface area contributed by atoms with E-state index in [4.69, 9.17) is 4.74 Å². The van der Waals surface area contributed by atoms with Crippen LogP contribution >= 0.6 is 0 Å². The van der Waals surface area contributed by atoms with Crippen molar-refractivity contribution in [2.45, 2.75) is 20.0 Å². The SMILES string of the molecule is COc1ccc(CNC(=O)C(=O)NCc2ccc(C)cc2)cc1. The second kappa shape index (κ2) is 7.98. The molecule has 2 rings (SSSR count). The Bertz CT molecular complexity index is 664. The first kappa shape index (κ1) is 16.5. The zero-order valence-electron chi connectivity index (χ0n) is 13.3. The van der Waals surface area contributed by atoms with Crippen LogP contribution in [0, 0.1) is 6.92 Å². The highest BCUT2D eigenvalue weighted by Crippen LogP contribution is 2.10. The molecule has 2 aromatic rings. The fraction of sp³-hybridized carbons (Fsp3) is 0.222. The molecule has 0 aromatic heterocycles. The molecule has 0 heterocycles. The van der Waals surface area contributed by atoms with Gasteiger partial charge in [-0.3, -0.25) is 9.59 Å². The van der Waals surface area contributed by atoms with Crippen LogP contribution in [0.3, 0.4) is 0 Å². The first-order valence-electron chi connectivity index (χ1n) is 7.33. The van der Waals surface area contributed by atoms with Crippen molar-refractivity contribution in [2.24, 2.45) is 0 Å². The Morgan fingerprint density at radius 3 is 1.70 bits per heavy atom. The van der Waals surface area contributed by atoms with Gasteiger partial charge in [0.1, 0.15) is 5.75 Å². The molecule has 2 N–H and O–H groups in total. The molecule has 0 atom stereocenters. The molecular weight excluding hydrogens is 292 g/mol. The van der Waals surface area contributed by atoms with Crippen LogP contribution in [0.25, 0.3) is 0 Å². The van der Waals surface area contributed by atoms with Crippen molar-refractivity contribution >= 4 is 11.8 Å². The van der Waals surface area contributed by atoms with Gasteiger partial charge < -0.3 is 15.4 Å². The molecule has 120 valence electrons. The third-order valence-electron chi connectivity index (χ3n) is 3.39. The second-order valence-corrected chi connectivity index (χ2v) is 5.20. The van der Waals surface area contributed by atoms with Crippen molar-refractivity contribution < 1.29 is 14.3 Å². The Balaban J connectivity index is 1.77. The van der Waals surface area contributed by atoms with E-state index in [2.05, 4.69) is 10.6 Å². The number of carbonyl (C=O) groups excluding carboxylic acids is 2. The van der Waals surface area contributed by atoms with Crippen LogP contribution in [-0.4, -0.2) is 18.9 Å². The van der Waals surface area contributed by atoms with Crippen molar-refractivity contribution in [1.29, 1.82) is 0 Å². The van der Waals surface area contributed by atoms with E-state index in [-0.39, 0.29) is 0 Å². The number of benzene rings is 2. The summed E-state index contributed by atoms with van der Waals surface area (Å²) >= 11 is 0. The molecule has 2 amide bonds. The quantitative estimate of drug-likeness (QED) is 0.829. The van der Waals surface area contributed by atoms with E-state index in [1.165, 1.54) is 0 Å². The van der Waals surface area contributed by atoms with E-state index in [1.54, 1.807) is 19.2 Å². The molecule has 0 bridgehead atoms. The number of ether oxygens (including phenoxy) is 1.